The van der Waals surface area contributed by atoms with Gasteiger partial charge in [-0.15, -0.1) is 0 Å². The third-order valence-corrected chi connectivity index (χ3v) is 3.94. The molecule has 4 N–H and O–H groups in total. The van der Waals surface area contributed by atoms with Gasteiger partial charge in [-0.3, -0.25) is 4.79 Å². The molecule has 26 heavy (non-hydrogen) atoms. The SMILES string of the molecule is Cc1cc(O)cc(O)c1C=NNC(=O)CNc1ccc2ccccc2c1. The molecule has 0 spiro atoms. The van der Waals surface area contributed by atoms with Crippen LogP contribution in [-0.2, 0) is 4.79 Å². The first-order valence-corrected chi connectivity index (χ1v) is 8.10. The molecule has 0 bridgehead atoms. The van der Waals surface area contributed by atoms with Crippen molar-refractivity contribution in [3.63, 3.8) is 0 Å². The lowest BCUT2D eigenvalue weighted by molar-refractivity contribution is -0.119. The Labute approximate surface area is 150 Å². The van der Waals surface area contributed by atoms with Crippen molar-refractivity contribution >= 4 is 28.6 Å². The highest BCUT2D eigenvalue weighted by Gasteiger charge is 2.05. The van der Waals surface area contributed by atoms with E-state index >= 15 is 0 Å². The number of rotatable bonds is 5. The molecule has 1 amide bonds. The number of carbonyl (C=O) groups excluding carboxylic acids is 1. The summed E-state index contributed by atoms with van der Waals surface area (Å²) in [6, 6.07) is 16.6. The fourth-order valence-corrected chi connectivity index (χ4v) is 2.62. The second kappa shape index (κ2) is 7.57. The fourth-order valence-electron chi connectivity index (χ4n) is 2.62. The normalized spacial score (nSPS) is 11.0. The molecule has 0 heterocycles. The zero-order chi connectivity index (χ0) is 18.5. The largest absolute Gasteiger partial charge is 0.508 e. The number of aromatic hydroxyl groups is 2. The Bertz CT molecular complexity index is 960. The van der Waals surface area contributed by atoms with Crippen LogP contribution in [0.5, 0.6) is 11.5 Å². The quantitative estimate of drug-likeness (QED) is 0.420. The Morgan fingerprint density at radius 3 is 2.62 bits per heavy atom. The molecule has 0 aliphatic heterocycles. The zero-order valence-corrected chi connectivity index (χ0v) is 14.2. The van der Waals surface area contributed by atoms with Gasteiger partial charge in [-0.05, 0) is 41.5 Å². The van der Waals surface area contributed by atoms with Gasteiger partial charge in [0, 0.05) is 17.3 Å². The molecule has 0 aromatic heterocycles. The number of nitrogens with zero attached hydrogens (tertiary/aromatic N) is 1. The van der Waals surface area contributed by atoms with Crippen molar-refractivity contribution < 1.29 is 15.0 Å². The number of carbonyl (C=O) groups is 1. The van der Waals surface area contributed by atoms with Gasteiger partial charge in [-0.2, -0.15) is 5.10 Å². The summed E-state index contributed by atoms with van der Waals surface area (Å²) in [6.45, 7) is 1.79. The van der Waals surface area contributed by atoms with Crippen molar-refractivity contribution in [2.24, 2.45) is 5.10 Å². The molecule has 0 fully saturated rings. The van der Waals surface area contributed by atoms with Gasteiger partial charge >= 0.3 is 0 Å². The van der Waals surface area contributed by atoms with Gasteiger partial charge in [0.2, 0.25) is 0 Å². The second-order valence-electron chi connectivity index (χ2n) is 5.90. The molecule has 6 nitrogen and oxygen atoms in total. The topological polar surface area (TPSA) is 93.9 Å². The monoisotopic (exact) mass is 349 g/mol. The Kier molecular flexibility index (Phi) is 5.03. The molecule has 0 aliphatic carbocycles. The third kappa shape index (κ3) is 4.10. The highest BCUT2D eigenvalue weighted by atomic mass is 16.3. The minimum atomic E-state index is -0.315. The van der Waals surface area contributed by atoms with Crippen LogP contribution >= 0.6 is 0 Å². The molecular weight excluding hydrogens is 330 g/mol. The maximum Gasteiger partial charge on any atom is 0.259 e. The number of hydrogen-bond donors (Lipinski definition) is 4. The van der Waals surface area contributed by atoms with Crippen LogP contribution in [0, 0.1) is 6.92 Å². The van der Waals surface area contributed by atoms with Crippen LogP contribution in [0.4, 0.5) is 5.69 Å². The number of amides is 1. The highest BCUT2D eigenvalue weighted by molar-refractivity contribution is 5.89. The lowest BCUT2D eigenvalue weighted by Gasteiger charge is -2.07. The number of hydrogen-bond acceptors (Lipinski definition) is 5. The third-order valence-electron chi connectivity index (χ3n) is 3.94. The second-order valence-corrected chi connectivity index (χ2v) is 5.90. The van der Waals surface area contributed by atoms with Gasteiger partial charge in [0.1, 0.15) is 11.5 Å². The Balaban J connectivity index is 1.57. The van der Waals surface area contributed by atoms with Crippen LogP contribution in [-0.4, -0.2) is 28.9 Å². The first-order chi connectivity index (χ1) is 12.5. The average Bonchev–Trinajstić information content (AvgIpc) is 2.62. The molecule has 0 aliphatic rings. The zero-order valence-electron chi connectivity index (χ0n) is 14.2. The number of hydrazone groups is 1. The lowest BCUT2D eigenvalue weighted by atomic mass is 10.1. The van der Waals surface area contributed by atoms with E-state index in [4.69, 9.17) is 0 Å². The van der Waals surface area contributed by atoms with E-state index < -0.39 is 0 Å². The maximum absolute atomic E-state index is 11.9. The predicted octanol–water partition coefficient (Wildman–Crippen LogP) is 3.12. The van der Waals surface area contributed by atoms with Crippen molar-refractivity contribution in [1.82, 2.24) is 5.43 Å². The van der Waals surface area contributed by atoms with E-state index in [1.165, 1.54) is 18.3 Å². The molecule has 132 valence electrons. The van der Waals surface area contributed by atoms with Crippen molar-refractivity contribution in [3.05, 3.63) is 65.7 Å². The summed E-state index contributed by atoms with van der Waals surface area (Å²) >= 11 is 0. The molecule has 0 atom stereocenters. The first-order valence-electron chi connectivity index (χ1n) is 8.10. The number of aryl methyl sites for hydroxylation is 1. The molecule has 6 heteroatoms. The predicted molar refractivity (Wildman–Crippen MR) is 103 cm³/mol. The number of phenols is 2. The molecular formula is C20H19N3O3. The summed E-state index contributed by atoms with van der Waals surface area (Å²) < 4.78 is 0. The van der Waals surface area contributed by atoms with Gasteiger partial charge in [-0.1, -0.05) is 30.3 Å². The maximum atomic E-state index is 11.9. The van der Waals surface area contributed by atoms with E-state index in [2.05, 4.69) is 15.8 Å². The number of nitrogens with one attached hydrogen (secondary N) is 2. The van der Waals surface area contributed by atoms with Gasteiger partial charge in [0.15, 0.2) is 0 Å². The molecule has 0 saturated carbocycles. The van der Waals surface area contributed by atoms with E-state index in [1.54, 1.807) is 6.92 Å². The van der Waals surface area contributed by atoms with E-state index in [-0.39, 0.29) is 24.0 Å². The van der Waals surface area contributed by atoms with Crippen molar-refractivity contribution in [3.8, 4) is 11.5 Å². The Morgan fingerprint density at radius 1 is 1.08 bits per heavy atom. The summed E-state index contributed by atoms with van der Waals surface area (Å²) in [5.41, 5.74) is 4.33. The van der Waals surface area contributed by atoms with Crippen LogP contribution in [0.1, 0.15) is 11.1 Å². The summed E-state index contributed by atoms with van der Waals surface area (Å²) in [6.07, 6.45) is 1.35. The fraction of sp³-hybridized carbons (Fsp3) is 0.100. The molecule has 3 aromatic rings. The van der Waals surface area contributed by atoms with E-state index in [0.717, 1.165) is 16.5 Å². The van der Waals surface area contributed by atoms with Crippen LogP contribution in [0.3, 0.4) is 0 Å². The van der Waals surface area contributed by atoms with Crippen molar-refractivity contribution in [2.75, 3.05) is 11.9 Å². The molecule has 0 unspecified atom stereocenters. The summed E-state index contributed by atoms with van der Waals surface area (Å²) in [5.74, 6) is -0.444. The number of benzene rings is 3. The van der Waals surface area contributed by atoms with Crippen molar-refractivity contribution in [2.45, 2.75) is 6.92 Å². The van der Waals surface area contributed by atoms with Gasteiger partial charge in [-0.25, -0.2) is 5.43 Å². The Hall–Kier alpha value is -3.54. The van der Waals surface area contributed by atoms with Crippen LogP contribution < -0.4 is 10.7 Å². The van der Waals surface area contributed by atoms with E-state index in [0.29, 0.717) is 11.1 Å². The highest BCUT2D eigenvalue weighted by Crippen LogP contribution is 2.25. The Morgan fingerprint density at radius 2 is 1.85 bits per heavy atom. The molecule has 0 saturated heterocycles. The average molecular weight is 349 g/mol. The number of anilines is 1. The number of fused-ring (bicyclic) bond motifs is 1. The first kappa shape index (κ1) is 17.3. The van der Waals surface area contributed by atoms with E-state index in [9.17, 15) is 15.0 Å². The molecule has 3 aromatic carbocycles. The minimum Gasteiger partial charge on any atom is -0.508 e. The van der Waals surface area contributed by atoms with Gasteiger partial charge in [0.25, 0.3) is 5.91 Å². The smallest absolute Gasteiger partial charge is 0.259 e. The number of phenolic OH excluding ortho intramolecular Hbond substituents is 2. The lowest BCUT2D eigenvalue weighted by Crippen LogP contribution is -2.25. The van der Waals surface area contributed by atoms with Crippen LogP contribution in [0.2, 0.25) is 0 Å². The van der Waals surface area contributed by atoms with Gasteiger partial charge in [0.05, 0.1) is 12.8 Å². The summed E-state index contributed by atoms with van der Waals surface area (Å²) in [7, 11) is 0. The standard InChI is InChI=1S/C20H19N3O3/c1-13-8-17(24)10-19(25)18(13)11-22-23-20(26)12-21-16-7-6-14-4-2-3-5-15(14)9-16/h2-11,21,24-25H,12H2,1H3,(H,23,26). The van der Waals surface area contributed by atoms with E-state index in [1.807, 2.05) is 42.5 Å². The van der Waals surface area contributed by atoms with Crippen LogP contribution in [0.15, 0.2) is 59.7 Å². The van der Waals surface area contributed by atoms with Crippen LogP contribution in [0.25, 0.3) is 10.8 Å². The molecule has 3 rings (SSSR count). The van der Waals surface area contributed by atoms with Crippen molar-refractivity contribution in [1.29, 1.82) is 0 Å². The van der Waals surface area contributed by atoms with Gasteiger partial charge < -0.3 is 15.5 Å². The minimum absolute atomic E-state index is 0.0271. The molecule has 0 radical (unpaired) electrons. The summed E-state index contributed by atoms with van der Waals surface area (Å²) in [5, 5.41) is 28.3. The summed E-state index contributed by atoms with van der Waals surface area (Å²) in [4.78, 5) is 11.9.